The smallest absolute Gasteiger partial charge is 0.264 e. The number of amides is 1. The van der Waals surface area contributed by atoms with Crippen LogP contribution < -0.4 is 10.5 Å². The van der Waals surface area contributed by atoms with E-state index in [9.17, 15) is 17.6 Å². The fourth-order valence-corrected chi connectivity index (χ4v) is 2.52. The van der Waals surface area contributed by atoms with Gasteiger partial charge in [0.1, 0.15) is 5.82 Å². The van der Waals surface area contributed by atoms with Gasteiger partial charge in [-0.3, -0.25) is 4.79 Å². The first-order valence-electron chi connectivity index (χ1n) is 5.80. The first-order chi connectivity index (χ1) is 8.72. The highest BCUT2D eigenvalue weighted by atomic mass is 32.2. The molecule has 0 heterocycles. The Morgan fingerprint density at radius 2 is 1.84 bits per heavy atom. The molecule has 0 fully saturated rings. The van der Waals surface area contributed by atoms with Crippen molar-refractivity contribution in [3.63, 3.8) is 0 Å². The molecule has 0 spiro atoms. The van der Waals surface area contributed by atoms with Crippen LogP contribution in [-0.4, -0.2) is 20.4 Å². The summed E-state index contributed by atoms with van der Waals surface area (Å²) in [7, 11) is -4.00. The normalized spacial score (nSPS) is 13.3. The van der Waals surface area contributed by atoms with Gasteiger partial charge in [-0.2, -0.15) is 0 Å². The zero-order valence-electron chi connectivity index (χ0n) is 10.8. The summed E-state index contributed by atoms with van der Waals surface area (Å²) in [6.45, 7) is 3.75. The van der Waals surface area contributed by atoms with E-state index >= 15 is 0 Å². The minimum Gasteiger partial charge on any atom is -0.320 e. The molecular weight excluding hydrogens is 271 g/mol. The largest absolute Gasteiger partial charge is 0.320 e. The van der Waals surface area contributed by atoms with Crippen molar-refractivity contribution in [1.82, 2.24) is 4.72 Å². The third-order valence-electron chi connectivity index (χ3n) is 2.42. The van der Waals surface area contributed by atoms with Crippen molar-refractivity contribution in [3.05, 3.63) is 30.1 Å². The van der Waals surface area contributed by atoms with E-state index in [0.717, 1.165) is 24.3 Å². The van der Waals surface area contributed by atoms with Crippen LogP contribution >= 0.6 is 0 Å². The molecule has 0 aliphatic carbocycles. The maximum atomic E-state index is 12.7. The summed E-state index contributed by atoms with van der Waals surface area (Å²) >= 11 is 0. The van der Waals surface area contributed by atoms with Crippen LogP contribution in [0.1, 0.15) is 20.3 Å². The molecule has 0 radical (unpaired) electrons. The molecule has 1 rings (SSSR count). The second kappa shape index (κ2) is 6.12. The molecule has 5 nitrogen and oxygen atoms in total. The first-order valence-corrected chi connectivity index (χ1v) is 7.28. The van der Waals surface area contributed by atoms with Gasteiger partial charge in [-0.25, -0.2) is 17.5 Å². The lowest BCUT2D eigenvalue weighted by atomic mass is 10.0. The Bertz CT molecular complexity index is 541. The highest BCUT2D eigenvalue weighted by Crippen LogP contribution is 2.10. The number of rotatable bonds is 5. The Kier molecular flexibility index (Phi) is 5.02. The van der Waals surface area contributed by atoms with E-state index in [1.54, 1.807) is 0 Å². The molecule has 106 valence electrons. The van der Waals surface area contributed by atoms with Crippen LogP contribution in [0.5, 0.6) is 0 Å². The molecule has 0 aliphatic rings. The number of carbonyl (C=O) groups is 1. The Hall–Kier alpha value is -1.47. The number of hydrogen-bond acceptors (Lipinski definition) is 4. The minimum absolute atomic E-state index is 0.175. The van der Waals surface area contributed by atoms with Crippen molar-refractivity contribution in [2.75, 3.05) is 0 Å². The maximum Gasteiger partial charge on any atom is 0.264 e. The minimum atomic E-state index is -4.00. The Labute approximate surface area is 112 Å². The van der Waals surface area contributed by atoms with E-state index in [0.29, 0.717) is 6.42 Å². The van der Waals surface area contributed by atoms with Crippen molar-refractivity contribution < 1.29 is 17.6 Å². The zero-order valence-corrected chi connectivity index (χ0v) is 11.6. The predicted octanol–water partition coefficient (Wildman–Crippen LogP) is 1.00. The van der Waals surface area contributed by atoms with Crippen LogP contribution in [0.2, 0.25) is 0 Å². The first kappa shape index (κ1) is 15.6. The molecule has 0 saturated heterocycles. The molecule has 19 heavy (non-hydrogen) atoms. The monoisotopic (exact) mass is 288 g/mol. The molecule has 0 aliphatic heterocycles. The molecule has 1 aromatic rings. The summed E-state index contributed by atoms with van der Waals surface area (Å²) in [6, 6.07) is 3.29. The van der Waals surface area contributed by atoms with Crippen LogP contribution in [-0.2, 0) is 14.8 Å². The molecule has 7 heteroatoms. The summed E-state index contributed by atoms with van der Waals surface area (Å²) < 4.78 is 38.3. The predicted molar refractivity (Wildman–Crippen MR) is 69.2 cm³/mol. The average Bonchev–Trinajstić information content (AvgIpc) is 2.27. The molecule has 0 saturated carbocycles. The Balaban J connectivity index is 2.80. The number of sulfonamides is 1. The van der Waals surface area contributed by atoms with Gasteiger partial charge in [-0.05, 0) is 36.6 Å². The lowest BCUT2D eigenvalue weighted by Crippen LogP contribution is -2.43. The summed E-state index contributed by atoms with van der Waals surface area (Å²) in [5.41, 5.74) is 5.59. The number of nitrogens with two attached hydrogens (primary N) is 1. The standard InChI is InChI=1S/C12H17FN2O3S/c1-8(2)7-11(14)12(16)15-19(17,18)10-5-3-9(13)4-6-10/h3-6,8,11H,7,14H2,1-2H3,(H,15,16)/t11-/m0/s1. The van der Waals surface area contributed by atoms with Gasteiger partial charge in [0.05, 0.1) is 10.9 Å². The molecule has 1 aromatic carbocycles. The topological polar surface area (TPSA) is 89.3 Å². The van der Waals surface area contributed by atoms with Gasteiger partial charge in [0, 0.05) is 0 Å². The quantitative estimate of drug-likeness (QED) is 0.846. The Morgan fingerprint density at radius 1 is 1.32 bits per heavy atom. The molecule has 0 unspecified atom stereocenters. The summed E-state index contributed by atoms with van der Waals surface area (Å²) in [5, 5.41) is 0. The van der Waals surface area contributed by atoms with Crippen molar-refractivity contribution in [2.45, 2.75) is 31.2 Å². The van der Waals surface area contributed by atoms with Crippen molar-refractivity contribution in [2.24, 2.45) is 11.7 Å². The van der Waals surface area contributed by atoms with Crippen LogP contribution in [0.15, 0.2) is 29.2 Å². The molecule has 0 bridgehead atoms. The summed E-state index contributed by atoms with van der Waals surface area (Å²) in [4.78, 5) is 11.5. The highest BCUT2D eigenvalue weighted by molar-refractivity contribution is 7.90. The lowest BCUT2D eigenvalue weighted by molar-refractivity contribution is -0.120. The van der Waals surface area contributed by atoms with Gasteiger partial charge in [0.25, 0.3) is 15.9 Å². The molecule has 1 amide bonds. The second-order valence-corrected chi connectivity index (χ2v) is 6.34. The van der Waals surface area contributed by atoms with E-state index in [1.807, 2.05) is 18.6 Å². The molecular formula is C12H17FN2O3S. The number of benzene rings is 1. The number of halogens is 1. The van der Waals surface area contributed by atoms with Crippen molar-refractivity contribution in [1.29, 1.82) is 0 Å². The van der Waals surface area contributed by atoms with E-state index in [-0.39, 0.29) is 10.8 Å². The maximum absolute atomic E-state index is 12.7. The second-order valence-electron chi connectivity index (χ2n) is 4.66. The summed E-state index contributed by atoms with van der Waals surface area (Å²) in [5.74, 6) is -1.14. The van der Waals surface area contributed by atoms with E-state index < -0.39 is 27.8 Å². The van der Waals surface area contributed by atoms with E-state index in [1.165, 1.54) is 0 Å². The number of nitrogens with one attached hydrogen (secondary N) is 1. The van der Waals surface area contributed by atoms with Crippen LogP contribution in [0.3, 0.4) is 0 Å². The van der Waals surface area contributed by atoms with Gasteiger partial charge in [0.15, 0.2) is 0 Å². The van der Waals surface area contributed by atoms with Gasteiger partial charge in [-0.15, -0.1) is 0 Å². The molecule has 0 aromatic heterocycles. The third-order valence-corrected chi connectivity index (χ3v) is 3.78. The van der Waals surface area contributed by atoms with E-state index in [4.69, 9.17) is 5.73 Å². The van der Waals surface area contributed by atoms with E-state index in [2.05, 4.69) is 0 Å². The van der Waals surface area contributed by atoms with Crippen LogP contribution in [0.4, 0.5) is 4.39 Å². The van der Waals surface area contributed by atoms with Gasteiger partial charge >= 0.3 is 0 Å². The van der Waals surface area contributed by atoms with Gasteiger partial charge < -0.3 is 5.73 Å². The highest BCUT2D eigenvalue weighted by Gasteiger charge is 2.22. The lowest BCUT2D eigenvalue weighted by Gasteiger charge is -2.14. The van der Waals surface area contributed by atoms with Gasteiger partial charge in [0.2, 0.25) is 0 Å². The van der Waals surface area contributed by atoms with Crippen molar-refractivity contribution in [3.8, 4) is 0 Å². The fraction of sp³-hybridized carbons (Fsp3) is 0.417. The van der Waals surface area contributed by atoms with Crippen molar-refractivity contribution >= 4 is 15.9 Å². The Morgan fingerprint density at radius 3 is 2.32 bits per heavy atom. The zero-order chi connectivity index (χ0) is 14.6. The molecule has 3 N–H and O–H groups in total. The number of carbonyl (C=O) groups excluding carboxylic acids is 1. The summed E-state index contributed by atoms with van der Waals surface area (Å²) in [6.07, 6.45) is 0.380. The van der Waals surface area contributed by atoms with Crippen LogP contribution in [0, 0.1) is 11.7 Å². The van der Waals surface area contributed by atoms with Crippen LogP contribution in [0.25, 0.3) is 0 Å². The third kappa shape index (κ3) is 4.60. The number of hydrogen-bond donors (Lipinski definition) is 2. The average molecular weight is 288 g/mol. The molecule has 1 atom stereocenters. The van der Waals surface area contributed by atoms with Gasteiger partial charge in [-0.1, -0.05) is 13.8 Å². The fourth-order valence-electron chi connectivity index (χ4n) is 1.50. The SMILES string of the molecule is CC(C)C[C@H](N)C(=O)NS(=O)(=O)c1ccc(F)cc1.